The molecule has 0 bridgehead atoms. The second kappa shape index (κ2) is 2.96. The van der Waals surface area contributed by atoms with Gasteiger partial charge in [0.05, 0.1) is 0 Å². The van der Waals surface area contributed by atoms with E-state index in [-0.39, 0.29) is 0 Å². The Balaban J connectivity index is 1.47. The molecule has 14 heavy (non-hydrogen) atoms. The highest BCUT2D eigenvalue weighted by Gasteiger charge is 2.54. The molecule has 1 unspecified atom stereocenters. The van der Waals surface area contributed by atoms with Gasteiger partial charge >= 0.3 is 0 Å². The molecule has 2 nitrogen and oxygen atoms in total. The number of hydrogen-bond donors (Lipinski definition) is 2. The van der Waals surface area contributed by atoms with Gasteiger partial charge in [-0.05, 0) is 70.0 Å². The Morgan fingerprint density at radius 1 is 1.21 bits per heavy atom. The Bertz CT molecular complexity index is 226. The molecule has 2 N–H and O–H groups in total. The first-order valence-electron chi connectivity index (χ1n) is 6.18. The highest BCUT2D eigenvalue weighted by molar-refractivity contribution is 5.07. The molecule has 3 fully saturated rings. The fraction of sp³-hybridized carbons (Fsp3) is 1.00. The third-order valence-corrected chi connectivity index (χ3v) is 4.73. The topological polar surface area (TPSA) is 24.1 Å². The van der Waals surface area contributed by atoms with Crippen LogP contribution in [0, 0.1) is 11.3 Å². The second-order valence-electron chi connectivity index (χ2n) is 5.95. The molecule has 0 amide bonds. The average Bonchev–Trinajstić information content (AvgIpc) is 3.07. The highest BCUT2D eigenvalue weighted by Crippen LogP contribution is 2.58. The minimum atomic E-state index is 0.538. The Morgan fingerprint density at radius 2 is 1.93 bits per heavy atom. The van der Waals surface area contributed by atoms with Gasteiger partial charge in [0.2, 0.25) is 0 Å². The van der Waals surface area contributed by atoms with E-state index >= 15 is 0 Å². The van der Waals surface area contributed by atoms with E-state index in [0.29, 0.717) is 5.54 Å². The summed E-state index contributed by atoms with van der Waals surface area (Å²) in [6.45, 7) is 6.17. The van der Waals surface area contributed by atoms with Crippen LogP contribution in [0.3, 0.4) is 0 Å². The molecule has 0 aromatic heterocycles. The van der Waals surface area contributed by atoms with Gasteiger partial charge in [-0.25, -0.2) is 0 Å². The van der Waals surface area contributed by atoms with Crippen molar-refractivity contribution in [2.24, 2.45) is 11.3 Å². The van der Waals surface area contributed by atoms with Crippen LogP contribution >= 0.6 is 0 Å². The fourth-order valence-electron chi connectivity index (χ4n) is 2.99. The first-order valence-corrected chi connectivity index (χ1v) is 6.18. The standard InChI is InChI=1S/C12H22N2/c1-11(2-3-11)14-9-10-8-12(10)4-6-13-7-5-12/h10,13-14H,2-9H2,1H3. The first-order chi connectivity index (χ1) is 6.73. The van der Waals surface area contributed by atoms with Crippen molar-refractivity contribution in [2.45, 2.75) is 44.6 Å². The molecule has 1 saturated heterocycles. The van der Waals surface area contributed by atoms with E-state index in [1.165, 1.54) is 51.7 Å². The third-order valence-electron chi connectivity index (χ3n) is 4.73. The van der Waals surface area contributed by atoms with E-state index in [4.69, 9.17) is 0 Å². The van der Waals surface area contributed by atoms with Gasteiger partial charge < -0.3 is 10.6 Å². The molecule has 1 spiro atoms. The lowest BCUT2D eigenvalue weighted by Gasteiger charge is -2.24. The number of rotatable bonds is 3. The molecule has 2 saturated carbocycles. The molecule has 2 heteroatoms. The maximum Gasteiger partial charge on any atom is 0.0154 e. The van der Waals surface area contributed by atoms with E-state index in [2.05, 4.69) is 17.6 Å². The number of nitrogens with one attached hydrogen (secondary N) is 2. The molecule has 0 radical (unpaired) electrons. The van der Waals surface area contributed by atoms with Gasteiger partial charge in [0.15, 0.2) is 0 Å². The highest BCUT2D eigenvalue weighted by atomic mass is 15.0. The quantitative estimate of drug-likeness (QED) is 0.712. The van der Waals surface area contributed by atoms with Gasteiger partial charge in [-0.15, -0.1) is 0 Å². The fourth-order valence-corrected chi connectivity index (χ4v) is 2.99. The van der Waals surface area contributed by atoms with Crippen LogP contribution in [0.1, 0.15) is 39.0 Å². The molecule has 0 aromatic rings. The predicted octanol–water partition coefficient (Wildman–Crippen LogP) is 1.52. The van der Waals surface area contributed by atoms with E-state index in [9.17, 15) is 0 Å². The minimum Gasteiger partial charge on any atom is -0.317 e. The van der Waals surface area contributed by atoms with Crippen molar-refractivity contribution < 1.29 is 0 Å². The van der Waals surface area contributed by atoms with Gasteiger partial charge in [0.25, 0.3) is 0 Å². The van der Waals surface area contributed by atoms with Gasteiger partial charge in [-0.1, -0.05) is 0 Å². The Hall–Kier alpha value is -0.0800. The molecule has 1 heterocycles. The van der Waals surface area contributed by atoms with E-state index in [0.717, 1.165) is 11.3 Å². The van der Waals surface area contributed by atoms with Crippen molar-refractivity contribution in [1.82, 2.24) is 10.6 Å². The van der Waals surface area contributed by atoms with Gasteiger partial charge in [-0.2, -0.15) is 0 Å². The molecule has 3 rings (SSSR count). The van der Waals surface area contributed by atoms with Crippen LogP contribution in [0.2, 0.25) is 0 Å². The molecular formula is C12H22N2. The van der Waals surface area contributed by atoms with Gasteiger partial charge in [0.1, 0.15) is 0 Å². The molecule has 2 aliphatic carbocycles. The van der Waals surface area contributed by atoms with Crippen LogP contribution in [-0.2, 0) is 0 Å². The van der Waals surface area contributed by atoms with Crippen LogP contribution in [0.15, 0.2) is 0 Å². The first kappa shape index (κ1) is 9.17. The van der Waals surface area contributed by atoms with Crippen LogP contribution in [0.4, 0.5) is 0 Å². The summed E-state index contributed by atoms with van der Waals surface area (Å²) in [5.41, 5.74) is 1.31. The zero-order valence-corrected chi connectivity index (χ0v) is 9.23. The van der Waals surface area contributed by atoms with Gasteiger partial charge in [-0.3, -0.25) is 0 Å². The van der Waals surface area contributed by atoms with Crippen molar-refractivity contribution in [3.63, 3.8) is 0 Å². The normalized spacial score (nSPS) is 37.1. The Morgan fingerprint density at radius 3 is 2.57 bits per heavy atom. The van der Waals surface area contributed by atoms with E-state index < -0.39 is 0 Å². The van der Waals surface area contributed by atoms with Crippen molar-refractivity contribution in [3.8, 4) is 0 Å². The largest absolute Gasteiger partial charge is 0.317 e. The molecule has 1 aliphatic heterocycles. The van der Waals surface area contributed by atoms with E-state index in [1.54, 1.807) is 0 Å². The summed E-state index contributed by atoms with van der Waals surface area (Å²) in [5.74, 6) is 1.00. The zero-order valence-electron chi connectivity index (χ0n) is 9.23. The van der Waals surface area contributed by atoms with Crippen molar-refractivity contribution in [2.75, 3.05) is 19.6 Å². The monoisotopic (exact) mass is 194 g/mol. The average molecular weight is 194 g/mol. The smallest absolute Gasteiger partial charge is 0.0154 e. The Kier molecular flexibility index (Phi) is 1.94. The van der Waals surface area contributed by atoms with Gasteiger partial charge in [0, 0.05) is 5.54 Å². The summed E-state index contributed by atoms with van der Waals surface area (Å²) in [4.78, 5) is 0. The molecule has 3 aliphatic rings. The predicted molar refractivity (Wildman–Crippen MR) is 58.3 cm³/mol. The van der Waals surface area contributed by atoms with Crippen LogP contribution in [-0.4, -0.2) is 25.2 Å². The second-order valence-corrected chi connectivity index (χ2v) is 5.95. The van der Waals surface area contributed by atoms with E-state index in [1.807, 2.05) is 0 Å². The summed E-state index contributed by atoms with van der Waals surface area (Å²) in [7, 11) is 0. The minimum absolute atomic E-state index is 0.538. The number of hydrogen-bond acceptors (Lipinski definition) is 2. The summed E-state index contributed by atoms with van der Waals surface area (Å²) in [6.07, 6.45) is 7.15. The zero-order chi connectivity index (χ0) is 9.65. The van der Waals surface area contributed by atoms with Crippen LogP contribution in [0.5, 0.6) is 0 Å². The maximum atomic E-state index is 3.75. The summed E-state index contributed by atoms with van der Waals surface area (Å²) >= 11 is 0. The van der Waals surface area contributed by atoms with Crippen LogP contribution in [0.25, 0.3) is 0 Å². The molecular weight excluding hydrogens is 172 g/mol. The van der Waals surface area contributed by atoms with Crippen molar-refractivity contribution in [3.05, 3.63) is 0 Å². The summed E-state index contributed by atoms with van der Waals surface area (Å²) < 4.78 is 0. The lowest BCUT2D eigenvalue weighted by Crippen LogP contribution is -2.34. The van der Waals surface area contributed by atoms with Crippen molar-refractivity contribution >= 4 is 0 Å². The number of piperidine rings is 1. The lowest BCUT2D eigenvalue weighted by molar-refractivity contribution is 0.314. The molecule has 0 aromatic carbocycles. The summed E-state index contributed by atoms with van der Waals surface area (Å²) in [5, 5.41) is 7.21. The summed E-state index contributed by atoms with van der Waals surface area (Å²) in [6, 6.07) is 0. The Labute approximate surface area is 86.8 Å². The maximum absolute atomic E-state index is 3.75. The molecule has 1 atom stereocenters. The SMILES string of the molecule is CC1(NCC2CC23CCNCC3)CC1. The lowest BCUT2D eigenvalue weighted by atomic mass is 9.92. The van der Waals surface area contributed by atoms with Crippen LogP contribution < -0.4 is 10.6 Å². The molecule has 80 valence electrons. The third kappa shape index (κ3) is 1.59. The van der Waals surface area contributed by atoms with Crippen molar-refractivity contribution in [1.29, 1.82) is 0 Å².